The van der Waals surface area contributed by atoms with Crippen molar-refractivity contribution in [1.82, 2.24) is 14.8 Å². The van der Waals surface area contributed by atoms with Crippen molar-refractivity contribution in [2.24, 2.45) is 0 Å². The first kappa shape index (κ1) is 16.8. The van der Waals surface area contributed by atoms with Gasteiger partial charge in [0.2, 0.25) is 5.88 Å². The summed E-state index contributed by atoms with van der Waals surface area (Å²) >= 11 is 0. The molecule has 26 heavy (non-hydrogen) atoms. The Bertz CT molecular complexity index is 1070. The molecule has 0 saturated heterocycles. The van der Waals surface area contributed by atoms with Crippen LogP contribution in [0, 0.1) is 0 Å². The Balaban J connectivity index is 1.81. The van der Waals surface area contributed by atoms with Crippen LogP contribution in [0.25, 0.3) is 10.9 Å². The number of benzene rings is 1. The topological polar surface area (TPSA) is 77.3 Å². The highest BCUT2D eigenvalue weighted by Gasteiger charge is 2.33. The van der Waals surface area contributed by atoms with Gasteiger partial charge < -0.3 is 4.74 Å². The Hall–Kier alpha value is -2.61. The molecule has 0 N–H and O–H groups in total. The van der Waals surface area contributed by atoms with Gasteiger partial charge in [0, 0.05) is 17.6 Å². The van der Waals surface area contributed by atoms with Crippen LogP contribution in [-0.2, 0) is 10.0 Å². The average molecular weight is 372 g/mol. The fraction of sp³-hybridized carbons (Fsp3) is 0.333. The summed E-state index contributed by atoms with van der Waals surface area (Å²) in [7, 11) is -3.73. The van der Waals surface area contributed by atoms with Crippen LogP contribution in [0.5, 0.6) is 5.88 Å². The number of aromatic nitrogens is 3. The molecule has 0 fully saturated rings. The highest BCUT2D eigenvalue weighted by molar-refractivity contribution is 7.92. The molecule has 3 heterocycles. The summed E-state index contributed by atoms with van der Waals surface area (Å²) in [5.41, 5.74) is 1.37. The van der Waals surface area contributed by atoms with Crippen LogP contribution in [0.3, 0.4) is 0 Å². The van der Waals surface area contributed by atoms with Gasteiger partial charge >= 0.3 is 0 Å². The molecule has 0 amide bonds. The van der Waals surface area contributed by atoms with Gasteiger partial charge in [0.05, 0.1) is 23.2 Å². The van der Waals surface area contributed by atoms with E-state index in [2.05, 4.69) is 10.1 Å². The van der Waals surface area contributed by atoms with Crippen LogP contribution < -0.4 is 9.04 Å². The smallest absolute Gasteiger partial charge is 0.264 e. The van der Waals surface area contributed by atoms with Crippen LogP contribution in [0.4, 0.5) is 5.69 Å². The van der Waals surface area contributed by atoms with Gasteiger partial charge in [-0.2, -0.15) is 5.10 Å². The number of rotatable bonds is 3. The van der Waals surface area contributed by atoms with E-state index in [9.17, 15) is 8.42 Å². The number of nitrogens with zero attached hydrogens (tertiary/aromatic N) is 4. The van der Waals surface area contributed by atoms with Crippen molar-refractivity contribution in [2.45, 2.75) is 37.8 Å². The second kappa shape index (κ2) is 5.98. The van der Waals surface area contributed by atoms with Gasteiger partial charge in [0.15, 0.2) is 0 Å². The maximum absolute atomic E-state index is 13.3. The van der Waals surface area contributed by atoms with Gasteiger partial charge in [-0.15, -0.1) is 0 Å². The lowest BCUT2D eigenvalue weighted by molar-refractivity contribution is 0.210. The zero-order valence-electron chi connectivity index (χ0n) is 14.8. The molecular formula is C18H20N4O3S. The van der Waals surface area contributed by atoms with Crippen molar-refractivity contribution in [3.8, 4) is 5.88 Å². The summed E-state index contributed by atoms with van der Waals surface area (Å²) in [6, 6.07) is 8.73. The predicted octanol–water partition coefficient (Wildman–Crippen LogP) is 2.99. The molecule has 136 valence electrons. The summed E-state index contributed by atoms with van der Waals surface area (Å²) in [4.78, 5) is 4.39. The Morgan fingerprint density at radius 3 is 2.85 bits per heavy atom. The minimum atomic E-state index is -3.73. The maximum Gasteiger partial charge on any atom is 0.264 e. The van der Waals surface area contributed by atoms with E-state index in [1.807, 2.05) is 31.5 Å². The van der Waals surface area contributed by atoms with Crippen molar-refractivity contribution < 1.29 is 13.2 Å². The van der Waals surface area contributed by atoms with Gasteiger partial charge in [-0.1, -0.05) is 0 Å². The largest absolute Gasteiger partial charge is 0.471 e. The van der Waals surface area contributed by atoms with E-state index in [1.165, 1.54) is 4.31 Å². The van der Waals surface area contributed by atoms with E-state index in [0.717, 1.165) is 10.9 Å². The summed E-state index contributed by atoms with van der Waals surface area (Å²) in [6.45, 7) is 6.15. The Kier molecular flexibility index (Phi) is 3.87. The van der Waals surface area contributed by atoms with Gasteiger partial charge in [-0.3, -0.25) is 8.99 Å². The van der Waals surface area contributed by atoms with Crippen molar-refractivity contribution in [3.05, 3.63) is 42.7 Å². The molecule has 1 aliphatic rings. The molecule has 1 aliphatic heterocycles. The summed E-state index contributed by atoms with van der Waals surface area (Å²) in [5, 5.41) is 5.16. The molecular weight excluding hydrogens is 352 g/mol. The minimum Gasteiger partial charge on any atom is -0.471 e. The lowest BCUT2D eigenvalue weighted by Gasteiger charge is -2.33. The summed E-state index contributed by atoms with van der Waals surface area (Å²) in [5.74, 6) is 0.337. The van der Waals surface area contributed by atoms with Crippen molar-refractivity contribution in [1.29, 1.82) is 0 Å². The molecule has 0 aliphatic carbocycles. The number of hydrogen-bond donors (Lipinski definition) is 0. The van der Waals surface area contributed by atoms with E-state index < -0.39 is 10.0 Å². The first-order chi connectivity index (χ1) is 12.4. The Morgan fingerprint density at radius 1 is 1.27 bits per heavy atom. The highest BCUT2D eigenvalue weighted by atomic mass is 32.2. The van der Waals surface area contributed by atoms with Crippen molar-refractivity contribution in [2.75, 3.05) is 10.8 Å². The second-order valence-corrected chi connectivity index (χ2v) is 8.56. The number of anilines is 1. The van der Waals surface area contributed by atoms with E-state index in [4.69, 9.17) is 4.74 Å². The van der Waals surface area contributed by atoms with Crippen LogP contribution in [0.1, 0.15) is 26.8 Å². The minimum absolute atomic E-state index is 0.202. The zero-order chi connectivity index (χ0) is 18.5. The summed E-state index contributed by atoms with van der Waals surface area (Å²) in [6.07, 6.45) is 3.01. The molecule has 1 atom stereocenters. The molecule has 1 aromatic carbocycles. The second-order valence-electron chi connectivity index (χ2n) is 6.70. The Morgan fingerprint density at radius 2 is 2.08 bits per heavy atom. The van der Waals surface area contributed by atoms with Gasteiger partial charge in [-0.05, 0) is 51.1 Å². The molecule has 0 radical (unpaired) electrons. The van der Waals surface area contributed by atoms with Crippen molar-refractivity contribution in [3.63, 3.8) is 0 Å². The maximum atomic E-state index is 13.3. The highest BCUT2D eigenvalue weighted by Crippen LogP contribution is 2.35. The van der Waals surface area contributed by atoms with E-state index in [1.54, 1.807) is 36.7 Å². The van der Waals surface area contributed by atoms with Crippen LogP contribution >= 0.6 is 0 Å². The first-order valence-corrected chi connectivity index (χ1v) is 9.93. The van der Waals surface area contributed by atoms with Crippen LogP contribution in [0.2, 0.25) is 0 Å². The first-order valence-electron chi connectivity index (χ1n) is 8.49. The van der Waals surface area contributed by atoms with Crippen LogP contribution in [-0.4, -0.2) is 35.8 Å². The third kappa shape index (κ3) is 2.61. The fourth-order valence-corrected chi connectivity index (χ4v) is 4.76. The molecule has 0 saturated carbocycles. The standard InChI is InChI=1S/C18H20N4O3S/c1-12(2)22-16-7-6-15(9-14(16)10-20-22)26(23,24)21-11-13(3)25-18-17(21)5-4-8-19-18/h4-10,12-13H,11H2,1-3H3. The normalized spacial score (nSPS) is 17.4. The number of hydrogen-bond acceptors (Lipinski definition) is 5. The van der Waals surface area contributed by atoms with Gasteiger partial charge in [-0.25, -0.2) is 13.4 Å². The summed E-state index contributed by atoms with van der Waals surface area (Å²) < 4.78 is 35.5. The molecule has 3 aromatic rings. The number of fused-ring (bicyclic) bond motifs is 2. The predicted molar refractivity (Wildman–Crippen MR) is 99.0 cm³/mol. The van der Waals surface area contributed by atoms with Gasteiger partial charge in [0.1, 0.15) is 11.8 Å². The fourth-order valence-electron chi connectivity index (χ4n) is 3.18. The molecule has 0 bridgehead atoms. The molecule has 0 spiro atoms. The lowest BCUT2D eigenvalue weighted by Crippen LogP contribution is -2.42. The quantitative estimate of drug-likeness (QED) is 0.706. The van der Waals surface area contributed by atoms with E-state index in [-0.39, 0.29) is 23.6 Å². The third-order valence-electron chi connectivity index (χ3n) is 4.40. The Labute approximate surface area is 152 Å². The van der Waals surface area contributed by atoms with Crippen molar-refractivity contribution >= 4 is 26.6 Å². The van der Waals surface area contributed by atoms with E-state index >= 15 is 0 Å². The SMILES string of the molecule is CC1CN(S(=O)(=O)c2ccc3c(cnn3C(C)C)c2)c2cccnc2O1. The van der Waals surface area contributed by atoms with E-state index in [0.29, 0.717) is 11.6 Å². The zero-order valence-corrected chi connectivity index (χ0v) is 15.6. The lowest BCUT2D eigenvalue weighted by atomic mass is 10.2. The molecule has 7 nitrogen and oxygen atoms in total. The number of sulfonamides is 1. The monoisotopic (exact) mass is 372 g/mol. The molecule has 2 aromatic heterocycles. The molecule has 1 unspecified atom stereocenters. The van der Waals surface area contributed by atoms with Crippen LogP contribution in [0.15, 0.2) is 47.6 Å². The third-order valence-corrected chi connectivity index (χ3v) is 6.18. The average Bonchev–Trinajstić information content (AvgIpc) is 3.04. The number of pyridine rings is 1. The number of ether oxygens (including phenoxy) is 1. The molecule has 4 rings (SSSR count). The van der Waals surface area contributed by atoms with Gasteiger partial charge in [0.25, 0.3) is 10.0 Å². The molecule has 8 heteroatoms.